The molecule has 24 heavy (non-hydrogen) atoms. The van der Waals surface area contributed by atoms with Gasteiger partial charge in [-0.1, -0.05) is 0 Å². The monoisotopic (exact) mass is 354 g/mol. The lowest BCUT2D eigenvalue weighted by Crippen LogP contribution is -2.43. The molecule has 1 aliphatic heterocycles. The average Bonchev–Trinajstić information content (AvgIpc) is 2.59. The van der Waals surface area contributed by atoms with Gasteiger partial charge in [-0.2, -0.15) is 0 Å². The van der Waals surface area contributed by atoms with Crippen molar-refractivity contribution in [3.05, 3.63) is 29.8 Å². The van der Waals surface area contributed by atoms with Gasteiger partial charge in [0.2, 0.25) is 5.91 Å². The van der Waals surface area contributed by atoms with E-state index in [0.29, 0.717) is 31.1 Å². The Morgan fingerprint density at radius 3 is 2.38 bits per heavy atom. The van der Waals surface area contributed by atoms with Crippen LogP contribution in [0.5, 0.6) is 5.75 Å². The summed E-state index contributed by atoms with van der Waals surface area (Å²) in [6, 6.07) is 7.64. The van der Waals surface area contributed by atoms with Crippen molar-refractivity contribution in [2.75, 3.05) is 26.7 Å². The summed E-state index contributed by atoms with van der Waals surface area (Å²) >= 11 is 0. The molecule has 0 radical (unpaired) electrons. The van der Waals surface area contributed by atoms with Crippen molar-refractivity contribution in [2.45, 2.75) is 38.6 Å². The molecule has 0 aromatic heterocycles. The second kappa shape index (κ2) is 10.3. The molecule has 1 amide bonds. The summed E-state index contributed by atoms with van der Waals surface area (Å²) in [5.41, 5.74) is 0.678. The number of amides is 1. The van der Waals surface area contributed by atoms with Crippen LogP contribution >= 0.6 is 12.4 Å². The molecule has 1 heterocycles. The van der Waals surface area contributed by atoms with Gasteiger partial charge in [0.15, 0.2) is 5.78 Å². The average molecular weight is 355 g/mol. The lowest BCUT2D eigenvalue weighted by atomic mass is 10.0. The molecule has 5 nitrogen and oxygen atoms in total. The van der Waals surface area contributed by atoms with E-state index in [-0.39, 0.29) is 24.1 Å². The van der Waals surface area contributed by atoms with E-state index in [1.54, 1.807) is 31.2 Å². The molecule has 0 unspecified atom stereocenters. The van der Waals surface area contributed by atoms with Crippen LogP contribution in [0.3, 0.4) is 0 Å². The Hall–Kier alpha value is -1.59. The first-order valence-electron chi connectivity index (χ1n) is 8.29. The van der Waals surface area contributed by atoms with Gasteiger partial charge in [0.1, 0.15) is 5.75 Å². The Morgan fingerprint density at radius 2 is 1.83 bits per heavy atom. The van der Waals surface area contributed by atoms with Crippen molar-refractivity contribution >= 4 is 24.1 Å². The Balaban J connectivity index is 0.00000288. The highest BCUT2D eigenvalue weighted by atomic mass is 35.5. The number of rotatable bonds is 7. The minimum absolute atomic E-state index is 0. The first-order valence-corrected chi connectivity index (χ1v) is 8.29. The van der Waals surface area contributed by atoms with Gasteiger partial charge in [-0.15, -0.1) is 12.4 Å². The molecular weight excluding hydrogens is 328 g/mol. The summed E-state index contributed by atoms with van der Waals surface area (Å²) in [7, 11) is 1.97. The first kappa shape index (κ1) is 20.5. The van der Waals surface area contributed by atoms with Crippen molar-refractivity contribution < 1.29 is 14.3 Å². The third-order valence-electron chi connectivity index (χ3n) is 4.32. The van der Waals surface area contributed by atoms with E-state index in [9.17, 15) is 9.59 Å². The summed E-state index contributed by atoms with van der Waals surface area (Å²) in [5.74, 6) is 0.997. The normalized spacial score (nSPS) is 14.8. The molecule has 1 aliphatic rings. The van der Waals surface area contributed by atoms with Gasteiger partial charge >= 0.3 is 0 Å². The molecule has 1 aromatic rings. The van der Waals surface area contributed by atoms with E-state index in [1.165, 1.54) is 0 Å². The van der Waals surface area contributed by atoms with Crippen LogP contribution in [-0.4, -0.2) is 49.4 Å². The molecule has 0 spiro atoms. The van der Waals surface area contributed by atoms with E-state index in [1.807, 2.05) is 11.9 Å². The number of hydrogen-bond acceptors (Lipinski definition) is 4. The number of ether oxygens (including phenoxy) is 1. The highest BCUT2D eigenvalue weighted by Gasteiger charge is 2.21. The fourth-order valence-electron chi connectivity index (χ4n) is 2.77. The number of likely N-dealkylation sites (tertiary alicyclic amines) is 1. The van der Waals surface area contributed by atoms with Crippen molar-refractivity contribution in [3.8, 4) is 5.75 Å². The molecule has 1 fully saturated rings. The Kier molecular flexibility index (Phi) is 8.79. The number of benzene rings is 1. The maximum absolute atomic E-state index is 12.1. The third kappa shape index (κ3) is 6.13. The zero-order chi connectivity index (χ0) is 16.7. The van der Waals surface area contributed by atoms with Crippen LogP contribution in [0.1, 0.15) is 43.0 Å². The van der Waals surface area contributed by atoms with E-state index >= 15 is 0 Å². The van der Waals surface area contributed by atoms with Gasteiger partial charge in [-0.05, 0) is 57.5 Å². The third-order valence-corrected chi connectivity index (χ3v) is 4.32. The molecule has 1 saturated heterocycles. The van der Waals surface area contributed by atoms with E-state index in [2.05, 4.69) is 5.32 Å². The lowest BCUT2D eigenvalue weighted by Gasteiger charge is -2.31. The minimum Gasteiger partial charge on any atom is -0.494 e. The number of ketones is 1. The zero-order valence-electron chi connectivity index (χ0n) is 14.4. The Bertz CT molecular complexity index is 526. The number of piperidine rings is 1. The van der Waals surface area contributed by atoms with Crippen molar-refractivity contribution in [3.63, 3.8) is 0 Å². The SMILES string of the molecule is CNC1CCN(C(=O)CCCOc2ccc(C(C)=O)cc2)CC1.Cl. The maximum Gasteiger partial charge on any atom is 0.222 e. The van der Waals surface area contributed by atoms with Gasteiger partial charge in [-0.3, -0.25) is 9.59 Å². The van der Waals surface area contributed by atoms with Crippen molar-refractivity contribution in [1.82, 2.24) is 10.2 Å². The Morgan fingerprint density at radius 1 is 1.21 bits per heavy atom. The van der Waals surface area contributed by atoms with Gasteiger partial charge in [0.05, 0.1) is 6.61 Å². The summed E-state index contributed by atoms with van der Waals surface area (Å²) in [4.78, 5) is 25.3. The summed E-state index contributed by atoms with van der Waals surface area (Å²) in [5, 5.41) is 3.27. The molecular formula is C18H27ClN2O3. The van der Waals surface area contributed by atoms with Crippen LogP contribution in [0.2, 0.25) is 0 Å². The standard InChI is InChI=1S/C18H26N2O3.ClH/c1-14(21)15-5-7-17(8-6-15)23-13-3-4-18(22)20-11-9-16(19-2)10-12-20;/h5-8,16,19H,3-4,9-13H2,1-2H3;1H. The molecule has 0 bridgehead atoms. The van der Waals surface area contributed by atoms with Crippen LogP contribution < -0.4 is 10.1 Å². The number of hydrogen-bond donors (Lipinski definition) is 1. The van der Waals surface area contributed by atoms with Gasteiger partial charge in [-0.25, -0.2) is 0 Å². The highest BCUT2D eigenvalue weighted by molar-refractivity contribution is 5.94. The predicted octanol–water partition coefficient (Wildman–Crippen LogP) is 2.68. The molecule has 134 valence electrons. The number of nitrogens with zero attached hydrogens (tertiary/aromatic N) is 1. The topological polar surface area (TPSA) is 58.6 Å². The van der Waals surface area contributed by atoms with E-state index in [0.717, 1.165) is 31.7 Å². The van der Waals surface area contributed by atoms with E-state index in [4.69, 9.17) is 4.74 Å². The molecule has 1 N–H and O–H groups in total. The van der Waals surface area contributed by atoms with Crippen LogP contribution in [0.4, 0.5) is 0 Å². The molecule has 0 atom stereocenters. The fraction of sp³-hybridized carbons (Fsp3) is 0.556. The number of carbonyl (C=O) groups is 2. The quantitative estimate of drug-likeness (QED) is 0.604. The number of halogens is 1. The highest BCUT2D eigenvalue weighted by Crippen LogP contribution is 2.14. The molecule has 0 saturated carbocycles. The van der Waals surface area contributed by atoms with Crippen molar-refractivity contribution in [1.29, 1.82) is 0 Å². The van der Waals surface area contributed by atoms with Gasteiger partial charge < -0.3 is 15.0 Å². The van der Waals surface area contributed by atoms with Gasteiger partial charge in [0, 0.05) is 31.1 Å². The largest absolute Gasteiger partial charge is 0.494 e. The van der Waals surface area contributed by atoms with Crippen LogP contribution in [0, 0.1) is 0 Å². The summed E-state index contributed by atoms with van der Waals surface area (Å²) in [6.07, 6.45) is 3.29. The van der Waals surface area contributed by atoms with Crippen LogP contribution in [-0.2, 0) is 4.79 Å². The second-order valence-electron chi connectivity index (χ2n) is 5.98. The van der Waals surface area contributed by atoms with Gasteiger partial charge in [0.25, 0.3) is 0 Å². The Labute approximate surface area is 150 Å². The summed E-state index contributed by atoms with van der Waals surface area (Å²) < 4.78 is 5.62. The minimum atomic E-state index is 0. The summed E-state index contributed by atoms with van der Waals surface area (Å²) in [6.45, 7) is 3.74. The number of carbonyl (C=O) groups excluding carboxylic acids is 2. The molecule has 2 rings (SSSR count). The maximum atomic E-state index is 12.1. The smallest absolute Gasteiger partial charge is 0.222 e. The molecule has 1 aromatic carbocycles. The molecule has 6 heteroatoms. The lowest BCUT2D eigenvalue weighted by molar-refractivity contribution is -0.132. The fourth-order valence-corrected chi connectivity index (χ4v) is 2.77. The second-order valence-corrected chi connectivity index (χ2v) is 5.98. The predicted molar refractivity (Wildman–Crippen MR) is 97.1 cm³/mol. The van der Waals surface area contributed by atoms with Crippen molar-refractivity contribution in [2.24, 2.45) is 0 Å². The number of nitrogens with one attached hydrogen (secondary N) is 1. The van der Waals surface area contributed by atoms with E-state index < -0.39 is 0 Å². The van der Waals surface area contributed by atoms with Crippen LogP contribution in [0.15, 0.2) is 24.3 Å². The zero-order valence-corrected chi connectivity index (χ0v) is 15.2. The number of Topliss-reactive ketones (excluding diaryl/α,β-unsaturated/α-hetero) is 1. The molecule has 0 aliphatic carbocycles. The first-order chi connectivity index (χ1) is 11.1. The van der Waals surface area contributed by atoms with Crippen LogP contribution in [0.25, 0.3) is 0 Å².